The predicted molar refractivity (Wildman–Crippen MR) is 81.4 cm³/mol. The third-order valence-corrected chi connectivity index (χ3v) is 3.80. The highest BCUT2D eigenvalue weighted by Crippen LogP contribution is 2.24. The summed E-state index contributed by atoms with van der Waals surface area (Å²) in [5.41, 5.74) is -1.03. The molecule has 4 nitrogen and oxygen atoms in total. The van der Waals surface area contributed by atoms with Crippen molar-refractivity contribution in [2.75, 3.05) is 0 Å². The van der Waals surface area contributed by atoms with E-state index in [0.29, 0.717) is 5.39 Å². The molecule has 5 heteroatoms. The van der Waals surface area contributed by atoms with Crippen molar-refractivity contribution in [2.24, 2.45) is 0 Å². The first-order chi connectivity index (χ1) is 9.22. The van der Waals surface area contributed by atoms with Crippen LogP contribution in [0.15, 0.2) is 35.3 Å². The van der Waals surface area contributed by atoms with Crippen LogP contribution in [0.5, 0.6) is 0 Å². The molecule has 2 rings (SSSR count). The van der Waals surface area contributed by atoms with E-state index in [4.69, 9.17) is 4.65 Å². The molecule has 2 aromatic rings. The molecule has 0 fully saturated rings. The van der Waals surface area contributed by atoms with Gasteiger partial charge in [0.2, 0.25) is 0 Å². The highest BCUT2D eigenvalue weighted by atomic mass is 16.5. The summed E-state index contributed by atoms with van der Waals surface area (Å²) in [6.07, 6.45) is 1.61. The Labute approximate surface area is 119 Å². The molecule has 0 aliphatic heterocycles. The van der Waals surface area contributed by atoms with E-state index in [1.807, 2.05) is 32.0 Å². The summed E-state index contributed by atoms with van der Waals surface area (Å²) in [6.45, 7) is 7.05. The van der Waals surface area contributed by atoms with E-state index in [9.17, 15) is 9.90 Å². The van der Waals surface area contributed by atoms with Gasteiger partial charge in [-0.05, 0) is 50.7 Å². The fraction of sp³-hybridized carbons (Fsp3) is 0.400. The van der Waals surface area contributed by atoms with Gasteiger partial charge in [0.15, 0.2) is 0 Å². The lowest BCUT2D eigenvalue weighted by atomic mass is 9.80. The first kappa shape index (κ1) is 14.8. The monoisotopic (exact) mass is 272 g/mol. The quantitative estimate of drug-likeness (QED) is 0.825. The molecule has 0 saturated heterocycles. The lowest BCUT2D eigenvalue weighted by molar-refractivity contribution is -0.0893. The molecule has 0 bridgehead atoms. The fourth-order valence-corrected chi connectivity index (χ4v) is 1.70. The number of hydrogen-bond acceptors (Lipinski definition) is 3. The molecule has 0 aliphatic carbocycles. The molecular formula is C15H19BNO3. The lowest BCUT2D eigenvalue weighted by Gasteiger charge is -2.37. The topological polar surface area (TPSA) is 62.3 Å². The van der Waals surface area contributed by atoms with Gasteiger partial charge in [0, 0.05) is 11.6 Å². The Kier molecular flexibility index (Phi) is 3.76. The summed E-state index contributed by atoms with van der Waals surface area (Å²) in [6, 6.07) is 7.29. The minimum Gasteiger partial charge on any atom is -0.427 e. The van der Waals surface area contributed by atoms with Gasteiger partial charge in [0.05, 0.1) is 11.2 Å². The molecular weight excluding hydrogens is 253 g/mol. The molecule has 0 aliphatic rings. The summed E-state index contributed by atoms with van der Waals surface area (Å²) in [4.78, 5) is 14.4. The molecule has 2 N–H and O–H groups in total. The van der Waals surface area contributed by atoms with Gasteiger partial charge in [-0.25, -0.2) is 0 Å². The number of rotatable bonds is 4. The second-order valence-corrected chi connectivity index (χ2v) is 5.92. The molecule has 0 unspecified atom stereocenters. The number of aromatic nitrogens is 1. The van der Waals surface area contributed by atoms with E-state index < -0.39 is 11.2 Å². The van der Waals surface area contributed by atoms with Gasteiger partial charge in [0.1, 0.15) is 0 Å². The van der Waals surface area contributed by atoms with E-state index in [1.165, 1.54) is 0 Å². The molecule has 105 valence electrons. The summed E-state index contributed by atoms with van der Waals surface area (Å²) >= 11 is 0. The van der Waals surface area contributed by atoms with E-state index in [2.05, 4.69) is 4.98 Å². The second-order valence-electron chi connectivity index (χ2n) is 5.92. The molecule has 0 saturated carbocycles. The maximum absolute atomic E-state index is 11.7. The first-order valence-corrected chi connectivity index (χ1v) is 6.56. The van der Waals surface area contributed by atoms with Crippen molar-refractivity contribution in [3.8, 4) is 0 Å². The average Bonchev–Trinajstić information content (AvgIpc) is 2.35. The van der Waals surface area contributed by atoms with Crippen LogP contribution in [0.4, 0.5) is 0 Å². The lowest BCUT2D eigenvalue weighted by Crippen LogP contribution is -2.49. The molecule has 1 heterocycles. The van der Waals surface area contributed by atoms with Gasteiger partial charge in [0.25, 0.3) is 5.56 Å². The average molecular weight is 272 g/mol. The third-order valence-electron chi connectivity index (χ3n) is 3.80. The molecule has 1 aromatic carbocycles. The van der Waals surface area contributed by atoms with Crippen molar-refractivity contribution in [2.45, 2.75) is 38.9 Å². The van der Waals surface area contributed by atoms with Crippen LogP contribution in [0.3, 0.4) is 0 Å². The maximum atomic E-state index is 11.7. The van der Waals surface area contributed by atoms with Crippen LogP contribution >= 0.6 is 0 Å². The van der Waals surface area contributed by atoms with E-state index in [-0.39, 0.29) is 5.56 Å². The van der Waals surface area contributed by atoms with Crippen molar-refractivity contribution in [3.63, 3.8) is 0 Å². The van der Waals surface area contributed by atoms with Gasteiger partial charge in [-0.2, -0.15) is 0 Å². The van der Waals surface area contributed by atoms with Crippen LogP contribution in [-0.4, -0.2) is 28.8 Å². The Morgan fingerprint density at radius 1 is 1.15 bits per heavy atom. The Morgan fingerprint density at radius 2 is 1.85 bits per heavy atom. The number of nitrogens with one attached hydrogen (secondary N) is 1. The highest BCUT2D eigenvalue weighted by Gasteiger charge is 2.35. The Bertz CT molecular complexity index is 671. The number of fused-ring (bicyclic) bond motifs is 1. The zero-order valence-electron chi connectivity index (χ0n) is 12.2. The molecule has 20 heavy (non-hydrogen) atoms. The summed E-state index contributed by atoms with van der Waals surface area (Å²) < 4.78 is 5.74. The smallest absolute Gasteiger partial charge is 0.331 e. The number of pyridine rings is 1. The SMILES string of the molecule is CC(C)(O)C(C)(C)O[B]c1cccc2c(=O)[nH]ccc12. The maximum Gasteiger partial charge on any atom is 0.331 e. The van der Waals surface area contributed by atoms with E-state index in [0.717, 1.165) is 10.8 Å². The van der Waals surface area contributed by atoms with Crippen LogP contribution in [0.25, 0.3) is 10.8 Å². The number of aliphatic hydroxyl groups is 1. The summed E-state index contributed by atoms with van der Waals surface area (Å²) in [5, 5.41) is 11.5. The van der Waals surface area contributed by atoms with E-state index >= 15 is 0 Å². The fourth-order valence-electron chi connectivity index (χ4n) is 1.70. The summed E-state index contributed by atoms with van der Waals surface area (Å²) in [5.74, 6) is 0. The molecule has 1 aromatic heterocycles. The normalized spacial score (nSPS) is 12.7. The second kappa shape index (κ2) is 5.07. The first-order valence-electron chi connectivity index (χ1n) is 6.56. The zero-order valence-corrected chi connectivity index (χ0v) is 12.2. The zero-order chi connectivity index (χ0) is 15.0. The largest absolute Gasteiger partial charge is 0.427 e. The van der Waals surface area contributed by atoms with Crippen LogP contribution in [0.1, 0.15) is 27.7 Å². The van der Waals surface area contributed by atoms with Gasteiger partial charge >= 0.3 is 7.48 Å². The van der Waals surface area contributed by atoms with Crippen LogP contribution in [0, 0.1) is 0 Å². The Balaban J connectivity index is 2.32. The molecule has 1 radical (unpaired) electrons. The van der Waals surface area contributed by atoms with Crippen molar-refractivity contribution in [1.29, 1.82) is 0 Å². The van der Waals surface area contributed by atoms with Gasteiger partial charge < -0.3 is 14.7 Å². The predicted octanol–water partition coefficient (Wildman–Crippen LogP) is 1.34. The van der Waals surface area contributed by atoms with Gasteiger partial charge in [-0.1, -0.05) is 12.1 Å². The Morgan fingerprint density at radius 3 is 2.50 bits per heavy atom. The van der Waals surface area contributed by atoms with Crippen molar-refractivity contribution in [3.05, 3.63) is 40.8 Å². The van der Waals surface area contributed by atoms with Crippen molar-refractivity contribution in [1.82, 2.24) is 4.98 Å². The van der Waals surface area contributed by atoms with E-state index in [1.54, 1.807) is 33.6 Å². The van der Waals surface area contributed by atoms with Gasteiger partial charge in [-0.15, -0.1) is 0 Å². The van der Waals surface area contributed by atoms with Crippen molar-refractivity contribution >= 4 is 23.7 Å². The van der Waals surface area contributed by atoms with Crippen LogP contribution in [-0.2, 0) is 4.65 Å². The molecule has 0 amide bonds. The Hall–Kier alpha value is -1.59. The highest BCUT2D eigenvalue weighted by molar-refractivity contribution is 6.51. The number of hydrogen-bond donors (Lipinski definition) is 2. The minimum absolute atomic E-state index is 0.125. The van der Waals surface area contributed by atoms with Gasteiger partial charge in [-0.3, -0.25) is 4.79 Å². The summed E-state index contributed by atoms with van der Waals surface area (Å²) in [7, 11) is 1.60. The number of aromatic amines is 1. The van der Waals surface area contributed by atoms with Crippen LogP contribution < -0.4 is 11.0 Å². The standard InChI is InChI=1S/C15H19BNO3/c1-14(2,19)15(3,4)20-16-12-7-5-6-11-10(12)8-9-17-13(11)18/h5-9,19H,1-4H3,(H,17,18). The van der Waals surface area contributed by atoms with Crippen LogP contribution in [0.2, 0.25) is 0 Å². The van der Waals surface area contributed by atoms with Crippen molar-refractivity contribution < 1.29 is 9.76 Å². The number of H-pyrrole nitrogens is 1. The third kappa shape index (κ3) is 2.79. The number of benzene rings is 1. The molecule has 0 spiro atoms. The molecule has 0 atom stereocenters. The minimum atomic E-state index is -0.981.